The van der Waals surface area contributed by atoms with Crippen molar-refractivity contribution in [1.29, 1.82) is 0 Å². The summed E-state index contributed by atoms with van der Waals surface area (Å²) in [5.74, 6) is 1.86. The highest BCUT2D eigenvalue weighted by Gasteiger charge is 2.51. The predicted molar refractivity (Wildman–Crippen MR) is 180 cm³/mol. The summed E-state index contributed by atoms with van der Waals surface area (Å²) in [7, 11) is 0. The van der Waals surface area contributed by atoms with Crippen LogP contribution >= 0.6 is 11.3 Å². The molecular weight excluding hydrogens is 541 g/mol. The molecule has 1 aliphatic carbocycles. The van der Waals surface area contributed by atoms with Crippen molar-refractivity contribution in [2.45, 2.75) is 5.41 Å². The van der Waals surface area contributed by atoms with E-state index in [0.717, 1.165) is 11.5 Å². The SMILES string of the molecule is c1ccc(C23c4ccccc4Oc4cc(-c5cccc6sc7cc8ccccc8cc7c56)cc(c42)-c2ccccc23)cc1. The van der Waals surface area contributed by atoms with Crippen LogP contribution in [0.5, 0.6) is 11.5 Å². The summed E-state index contributed by atoms with van der Waals surface area (Å²) in [6, 6.07) is 53.3. The first-order chi connectivity index (χ1) is 21.3. The van der Waals surface area contributed by atoms with Crippen molar-refractivity contribution in [3.63, 3.8) is 0 Å². The molecule has 2 heterocycles. The highest BCUT2D eigenvalue weighted by molar-refractivity contribution is 7.26. The Morgan fingerprint density at radius 3 is 2.09 bits per heavy atom. The van der Waals surface area contributed by atoms with E-state index in [9.17, 15) is 0 Å². The van der Waals surface area contributed by atoms with Crippen LogP contribution in [0.1, 0.15) is 22.3 Å². The zero-order valence-electron chi connectivity index (χ0n) is 23.2. The average molecular weight is 565 g/mol. The molecule has 0 fully saturated rings. The Kier molecular flexibility index (Phi) is 4.59. The normalized spacial score (nSPS) is 16.2. The van der Waals surface area contributed by atoms with Crippen LogP contribution in [0.2, 0.25) is 0 Å². The molecule has 0 saturated carbocycles. The van der Waals surface area contributed by atoms with Gasteiger partial charge in [0.2, 0.25) is 0 Å². The van der Waals surface area contributed by atoms with E-state index >= 15 is 0 Å². The lowest BCUT2D eigenvalue weighted by atomic mass is 9.66. The Bertz CT molecular complexity index is 2430. The fraction of sp³-hybridized carbons (Fsp3) is 0.0244. The predicted octanol–water partition coefficient (Wildman–Crippen LogP) is 11.3. The van der Waals surface area contributed by atoms with Crippen LogP contribution in [0.4, 0.5) is 0 Å². The molecule has 2 heteroatoms. The maximum atomic E-state index is 6.85. The molecule has 1 aliphatic heterocycles. The van der Waals surface area contributed by atoms with Gasteiger partial charge in [0.05, 0.1) is 5.41 Å². The molecule has 1 nitrogen and oxygen atoms in total. The summed E-state index contributed by atoms with van der Waals surface area (Å²) in [4.78, 5) is 0. The van der Waals surface area contributed by atoms with Crippen LogP contribution in [0.3, 0.4) is 0 Å². The Labute approximate surface area is 253 Å². The summed E-state index contributed by atoms with van der Waals surface area (Å²) in [6.45, 7) is 0. The van der Waals surface area contributed by atoms with Crippen molar-refractivity contribution in [3.05, 3.63) is 168 Å². The van der Waals surface area contributed by atoms with Crippen molar-refractivity contribution < 1.29 is 4.74 Å². The molecule has 7 aromatic carbocycles. The third-order valence-electron chi connectivity index (χ3n) is 9.49. The van der Waals surface area contributed by atoms with Gasteiger partial charge in [0, 0.05) is 31.3 Å². The second-order valence-corrected chi connectivity index (χ2v) is 12.7. The highest BCUT2D eigenvalue weighted by atomic mass is 32.1. The van der Waals surface area contributed by atoms with Gasteiger partial charge in [-0.1, -0.05) is 109 Å². The highest BCUT2D eigenvalue weighted by Crippen LogP contribution is 2.64. The van der Waals surface area contributed by atoms with Gasteiger partial charge in [0.25, 0.3) is 0 Å². The molecule has 8 aromatic rings. The van der Waals surface area contributed by atoms with Crippen LogP contribution in [0.15, 0.2) is 146 Å². The van der Waals surface area contributed by atoms with Gasteiger partial charge in [0.15, 0.2) is 0 Å². The van der Waals surface area contributed by atoms with Gasteiger partial charge in [-0.05, 0) is 80.6 Å². The van der Waals surface area contributed by atoms with Crippen LogP contribution < -0.4 is 4.74 Å². The number of para-hydroxylation sites is 1. The Morgan fingerprint density at radius 2 is 1.21 bits per heavy atom. The largest absolute Gasteiger partial charge is 0.457 e. The Hall–Kier alpha value is -5.18. The first kappa shape index (κ1) is 23.4. The number of benzene rings is 7. The second-order valence-electron chi connectivity index (χ2n) is 11.6. The minimum atomic E-state index is -0.435. The quantitative estimate of drug-likeness (QED) is 0.203. The molecule has 0 amide bonds. The van der Waals surface area contributed by atoms with Gasteiger partial charge >= 0.3 is 0 Å². The van der Waals surface area contributed by atoms with Crippen LogP contribution in [0.25, 0.3) is 53.2 Å². The summed E-state index contributed by atoms with van der Waals surface area (Å²) < 4.78 is 9.48. The molecule has 0 spiro atoms. The summed E-state index contributed by atoms with van der Waals surface area (Å²) >= 11 is 1.88. The van der Waals surface area contributed by atoms with Crippen LogP contribution in [-0.4, -0.2) is 0 Å². The lowest BCUT2D eigenvalue weighted by molar-refractivity contribution is 0.438. The van der Waals surface area contributed by atoms with E-state index in [0.29, 0.717) is 0 Å². The fourth-order valence-electron chi connectivity index (χ4n) is 7.79. The number of hydrogen-bond donors (Lipinski definition) is 0. The molecule has 0 radical (unpaired) electrons. The molecule has 0 saturated heterocycles. The van der Waals surface area contributed by atoms with Crippen molar-refractivity contribution in [2.75, 3.05) is 0 Å². The van der Waals surface area contributed by atoms with E-state index in [1.54, 1.807) is 0 Å². The molecule has 0 N–H and O–H groups in total. The van der Waals surface area contributed by atoms with Crippen LogP contribution in [0, 0.1) is 0 Å². The number of hydrogen-bond acceptors (Lipinski definition) is 2. The van der Waals surface area contributed by atoms with Crippen molar-refractivity contribution >= 4 is 42.3 Å². The smallest absolute Gasteiger partial charge is 0.133 e. The van der Waals surface area contributed by atoms with E-state index in [2.05, 4.69) is 146 Å². The lowest BCUT2D eigenvalue weighted by Crippen LogP contribution is -2.31. The molecule has 200 valence electrons. The first-order valence-electron chi connectivity index (χ1n) is 14.8. The standard InChI is InChI=1S/C41H24OS/c1-2-13-28(14-3-1)41-33-17-7-6-15-30(33)31-22-27(23-36(40(31)41)42-35-19-9-8-18-34(35)41)29-16-10-20-37-39(29)32-21-25-11-4-5-12-26(25)24-38(32)43-37/h1-24H. The summed E-state index contributed by atoms with van der Waals surface area (Å²) in [5, 5.41) is 5.19. The first-order valence-corrected chi connectivity index (χ1v) is 15.6. The maximum absolute atomic E-state index is 6.85. The minimum Gasteiger partial charge on any atom is -0.457 e. The number of fused-ring (bicyclic) bond motifs is 9. The molecular formula is C41H24OS. The van der Waals surface area contributed by atoms with Crippen molar-refractivity contribution in [2.24, 2.45) is 0 Å². The van der Waals surface area contributed by atoms with Crippen molar-refractivity contribution in [1.82, 2.24) is 0 Å². The zero-order valence-corrected chi connectivity index (χ0v) is 24.0. The molecule has 2 aliphatic rings. The fourth-order valence-corrected chi connectivity index (χ4v) is 8.95. The van der Waals surface area contributed by atoms with E-state index in [-0.39, 0.29) is 0 Å². The zero-order chi connectivity index (χ0) is 28.1. The lowest BCUT2D eigenvalue weighted by Gasteiger charge is -2.39. The van der Waals surface area contributed by atoms with Crippen LogP contribution in [-0.2, 0) is 5.41 Å². The topological polar surface area (TPSA) is 9.23 Å². The second kappa shape index (κ2) is 8.44. The van der Waals surface area contributed by atoms with Gasteiger partial charge < -0.3 is 4.74 Å². The molecule has 1 unspecified atom stereocenters. The van der Waals surface area contributed by atoms with Gasteiger partial charge in [-0.2, -0.15) is 0 Å². The van der Waals surface area contributed by atoms with E-state index in [1.807, 2.05) is 11.3 Å². The third kappa shape index (κ3) is 3.01. The van der Waals surface area contributed by atoms with E-state index in [4.69, 9.17) is 4.74 Å². The Balaban J connectivity index is 1.32. The number of thiophene rings is 1. The molecule has 1 atom stereocenters. The summed E-state index contributed by atoms with van der Waals surface area (Å²) in [6.07, 6.45) is 0. The molecule has 43 heavy (non-hydrogen) atoms. The molecule has 1 aromatic heterocycles. The molecule has 0 bridgehead atoms. The summed E-state index contributed by atoms with van der Waals surface area (Å²) in [5.41, 5.74) is 9.55. The monoisotopic (exact) mass is 564 g/mol. The number of ether oxygens (including phenoxy) is 1. The van der Waals surface area contributed by atoms with Gasteiger partial charge in [-0.3, -0.25) is 0 Å². The Morgan fingerprint density at radius 1 is 0.488 bits per heavy atom. The number of rotatable bonds is 2. The van der Waals surface area contributed by atoms with Gasteiger partial charge in [-0.15, -0.1) is 11.3 Å². The van der Waals surface area contributed by atoms with Crippen molar-refractivity contribution in [3.8, 4) is 33.8 Å². The molecule has 10 rings (SSSR count). The van der Waals surface area contributed by atoms with Gasteiger partial charge in [0.1, 0.15) is 11.5 Å². The van der Waals surface area contributed by atoms with E-state index in [1.165, 1.54) is 75.5 Å². The van der Waals surface area contributed by atoms with E-state index < -0.39 is 5.41 Å². The third-order valence-corrected chi connectivity index (χ3v) is 10.6. The minimum absolute atomic E-state index is 0.435. The average Bonchev–Trinajstić information content (AvgIpc) is 3.58. The maximum Gasteiger partial charge on any atom is 0.133 e. The van der Waals surface area contributed by atoms with Gasteiger partial charge in [-0.25, -0.2) is 0 Å².